The van der Waals surface area contributed by atoms with E-state index in [4.69, 9.17) is 16.3 Å². The summed E-state index contributed by atoms with van der Waals surface area (Å²) in [6, 6.07) is 3.17. The van der Waals surface area contributed by atoms with E-state index in [0.717, 1.165) is 12.1 Å². The van der Waals surface area contributed by atoms with Crippen LogP contribution in [0, 0.1) is 0 Å². The van der Waals surface area contributed by atoms with Gasteiger partial charge in [-0.3, -0.25) is 0 Å². The van der Waals surface area contributed by atoms with Crippen LogP contribution in [0.2, 0.25) is 5.02 Å². The number of aliphatic hydroxyl groups excluding tert-OH is 1. The Labute approximate surface area is 127 Å². The lowest BCUT2D eigenvalue weighted by Gasteiger charge is -2.22. The van der Waals surface area contributed by atoms with Crippen LogP contribution in [0.5, 0.6) is 0 Å². The Balaban J connectivity index is 2.61. The first kappa shape index (κ1) is 18.1. The minimum absolute atomic E-state index is 0.0206. The molecule has 0 fully saturated rings. The molecule has 21 heavy (non-hydrogen) atoms. The Kier molecular flexibility index (Phi) is 5.90. The highest BCUT2D eigenvalue weighted by Gasteiger charge is 2.31. The quantitative estimate of drug-likeness (QED) is 0.861. The predicted octanol–water partition coefficient (Wildman–Crippen LogP) is 3.95. The van der Waals surface area contributed by atoms with Crippen LogP contribution in [-0.4, -0.2) is 30.0 Å². The molecule has 120 valence electrons. The molecule has 2 N–H and O–H groups in total. The van der Waals surface area contributed by atoms with Gasteiger partial charge in [-0.1, -0.05) is 11.6 Å². The van der Waals surface area contributed by atoms with Gasteiger partial charge < -0.3 is 15.2 Å². The van der Waals surface area contributed by atoms with Crippen molar-refractivity contribution in [1.82, 2.24) is 0 Å². The van der Waals surface area contributed by atoms with Gasteiger partial charge in [-0.25, -0.2) is 0 Å². The monoisotopic (exact) mass is 325 g/mol. The molecule has 7 heteroatoms. The summed E-state index contributed by atoms with van der Waals surface area (Å²) in [4.78, 5) is 0. The molecule has 0 radical (unpaired) electrons. The van der Waals surface area contributed by atoms with Gasteiger partial charge in [-0.2, -0.15) is 13.2 Å². The van der Waals surface area contributed by atoms with Crippen LogP contribution in [0.3, 0.4) is 0 Å². The van der Waals surface area contributed by atoms with Crippen LogP contribution in [-0.2, 0) is 10.9 Å². The van der Waals surface area contributed by atoms with Gasteiger partial charge in [-0.05, 0) is 39.0 Å². The molecule has 1 atom stereocenters. The lowest BCUT2D eigenvalue weighted by Crippen LogP contribution is -2.30. The molecule has 0 bridgehead atoms. The molecule has 0 aliphatic heterocycles. The second kappa shape index (κ2) is 6.85. The number of ether oxygens (including phenoxy) is 1. The largest absolute Gasteiger partial charge is 0.416 e. The summed E-state index contributed by atoms with van der Waals surface area (Å²) < 4.78 is 43.3. The van der Waals surface area contributed by atoms with Crippen LogP contribution in [0.25, 0.3) is 0 Å². The summed E-state index contributed by atoms with van der Waals surface area (Å²) in [6.07, 6.45) is -5.30. The Morgan fingerprint density at radius 2 is 1.86 bits per heavy atom. The Morgan fingerprint density at radius 1 is 1.24 bits per heavy atom. The van der Waals surface area contributed by atoms with Gasteiger partial charge in [-0.15, -0.1) is 0 Å². The van der Waals surface area contributed by atoms with Crippen LogP contribution in [0.15, 0.2) is 18.2 Å². The first-order chi connectivity index (χ1) is 9.47. The van der Waals surface area contributed by atoms with Crippen molar-refractivity contribution >= 4 is 17.3 Å². The van der Waals surface area contributed by atoms with Crippen molar-refractivity contribution < 1.29 is 23.0 Å². The maximum atomic E-state index is 12.6. The molecule has 0 aliphatic carbocycles. The number of benzene rings is 1. The second-order valence-electron chi connectivity index (χ2n) is 5.68. The standard InChI is InChI=1S/C14H19ClF3NO2/c1-13(2,3)21-8-12(20)7-19-11-5-9(14(16,17)18)4-10(15)6-11/h4-6,12,19-20H,7-8H2,1-3H3. The van der Waals surface area contributed by atoms with Crippen molar-refractivity contribution in [2.24, 2.45) is 0 Å². The van der Waals surface area contributed by atoms with Gasteiger partial charge >= 0.3 is 6.18 Å². The smallest absolute Gasteiger partial charge is 0.389 e. The van der Waals surface area contributed by atoms with E-state index in [1.54, 1.807) is 0 Å². The molecule has 1 unspecified atom stereocenters. The fraction of sp³-hybridized carbons (Fsp3) is 0.571. The van der Waals surface area contributed by atoms with Crippen molar-refractivity contribution in [2.75, 3.05) is 18.5 Å². The lowest BCUT2D eigenvalue weighted by atomic mass is 10.2. The number of anilines is 1. The van der Waals surface area contributed by atoms with Crippen LogP contribution < -0.4 is 5.32 Å². The molecule has 0 saturated heterocycles. The van der Waals surface area contributed by atoms with E-state index in [-0.39, 0.29) is 29.5 Å². The highest BCUT2D eigenvalue weighted by molar-refractivity contribution is 6.30. The normalized spacial score (nSPS) is 14.1. The zero-order valence-corrected chi connectivity index (χ0v) is 12.8. The zero-order valence-electron chi connectivity index (χ0n) is 12.1. The summed E-state index contributed by atoms with van der Waals surface area (Å²) in [5.74, 6) is 0. The first-order valence-corrected chi connectivity index (χ1v) is 6.79. The van der Waals surface area contributed by atoms with E-state index in [2.05, 4.69) is 5.32 Å². The highest BCUT2D eigenvalue weighted by Crippen LogP contribution is 2.33. The van der Waals surface area contributed by atoms with E-state index in [1.807, 2.05) is 20.8 Å². The average Bonchev–Trinajstić information content (AvgIpc) is 2.31. The predicted molar refractivity (Wildman–Crippen MR) is 76.7 cm³/mol. The third-order valence-corrected chi connectivity index (χ3v) is 2.69. The minimum Gasteiger partial charge on any atom is -0.389 e. The molecule has 0 aromatic heterocycles. The molecule has 0 spiro atoms. The van der Waals surface area contributed by atoms with Gasteiger partial charge in [0.1, 0.15) is 0 Å². The Hall–Kier alpha value is -0.980. The Morgan fingerprint density at radius 3 is 2.38 bits per heavy atom. The lowest BCUT2D eigenvalue weighted by molar-refractivity contribution is -0.137. The van der Waals surface area contributed by atoms with Crippen molar-refractivity contribution in [1.29, 1.82) is 0 Å². The number of hydrogen-bond donors (Lipinski definition) is 2. The molecule has 3 nitrogen and oxygen atoms in total. The molecule has 1 aromatic rings. The molecule has 1 aromatic carbocycles. The number of halogens is 4. The van der Waals surface area contributed by atoms with Crippen molar-refractivity contribution in [3.05, 3.63) is 28.8 Å². The summed E-state index contributed by atoms with van der Waals surface area (Å²) >= 11 is 5.67. The summed E-state index contributed by atoms with van der Waals surface area (Å²) in [5, 5.41) is 12.4. The molecule has 0 aliphatic rings. The van der Waals surface area contributed by atoms with Crippen molar-refractivity contribution in [2.45, 2.75) is 38.7 Å². The number of nitrogens with one attached hydrogen (secondary N) is 1. The minimum atomic E-state index is -4.46. The fourth-order valence-corrected chi connectivity index (χ4v) is 1.73. The van der Waals surface area contributed by atoms with Crippen LogP contribution in [0.4, 0.5) is 18.9 Å². The third kappa shape index (κ3) is 7.02. The van der Waals surface area contributed by atoms with Gasteiger partial charge in [0.05, 0.1) is 23.9 Å². The number of rotatable bonds is 5. The molecule has 0 saturated carbocycles. The Bertz CT molecular complexity index is 472. The van der Waals surface area contributed by atoms with Gasteiger partial charge in [0.15, 0.2) is 0 Å². The molecular weight excluding hydrogens is 307 g/mol. The van der Waals surface area contributed by atoms with Crippen molar-refractivity contribution in [3.8, 4) is 0 Å². The number of aliphatic hydroxyl groups is 1. The van der Waals surface area contributed by atoms with E-state index in [0.29, 0.717) is 0 Å². The molecule has 1 rings (SSSR count). The maximum absolute atomic E-state index is 12.6. The average molecular weight is 326 g/mol. The van der Waals surface area contributed by atoms with E-state index in [9.17, 15) is 18.3 Å². The zero-order chi connectivity index (χ0) is 16.3. The highest BCUT2D eigenvalue weighted by atomic mass is 35.5. The van der Waals surface area contributed by atoms with Gasteiger partial charge in [0, 0.05) is 17.3 Å². The summed E-state index contributed by atoms with van der Waals surface area (Å²) in [5.41, 5.74) is -1.02. The molecule has 0 amide bonds. The first-order valence-electron chi connectivity index (χ1n) is 6.41. The molecule has 0 heterocycles. The fourth-order valence-electron chi connectivity index (χ4n) is 1.50. The van der Waals surface area contributed by atoms with E-state index < -0.39 is 17.8 Å². The maximum Gasteiger partial charge on any atom is 0.416 e. The SMILES string of the molecule is CC(C)(C)OCC(O)CNc1cc(Cl)cc(C(F)(F)F)c1. The van der Waals surface area contributed by atoms with E-state index >= 15 is 0 Å². The summed E-state index contributed by atoms with van der Waals surface area (Å²) in [6.45, 7) is 5.69. The van der Waals surface area contributed by atoms with Crippen molar-refractivity contribution in [3.63, 3.8) is 0 Å². The number of hydrogen-bond acceptors (Lipinski definition) is 3. The van der Waals surface area contributed by atoms with Crippen LogP contribution in [0.1, 0.15) is 26.3 Å². The molecular formula is C14H19ClF3NO2. The van der Waals surface area contributed by atoms with Gasteiger partial charge in [0.2, 0.25) is 0 Å². The topological polar surface area (TPSA) is 41.5 Å². The van der Waals surface area contributed by atoms with E-state index in [1.165, 1.54) is 6.07 Å². The second-order valence-corrected chi connectivity index (χ2v) is 6.12. The van der Waals surface area contributed by atoms with Crippen LogP contribution >= 0.6 is 11.6 Å². The third-order valence-electron chi connectivity index (χ3n) is 2.48. The number of alkyl halides is 3. The summed E-state index contributed by atoms with van der Waals surface area (Å²) in [7, 11) is 0. The van der Waals surface area contributed by atoms with Gasteiger partial charge in [0.25, 0.3) is 0 Å².